The van der Waals surface area contributed by atoms with Crippen LogP contribution in [0.2, 0.25) is 0 Å². The number of anilines is 1. The van der Waals surface area contributed by atoms with Crippen molar-refractivity contribution in [1.82, 2.24) is 10.6 Å². The number of hydrogen-bond donors (Lipinski definition) is 5. The molecule has 7 N–H and O–H groups in total. The third kappa shape index (κ3) is 7.32. The second-order valence-electron chi connectivity index (χ2n) is 9.63. The Hall–Kier alpha value is -4.52. The number of nitrogens with two attached hydrogens (primary N) is 2. The van der Waals surface area contributed by atoms with Gasteiger partial charge < -0.3 is 32.2 Å². The van der Waals surface area contributed by atoms with Crippen LogP contribution >= 0.6 is 0 Å². The average molecular weight is 555 g/mol. The predicted molar refractivity (Wildman–Crippen MR) is 147 cm³/mol. The van der Waals surface area contributed by atoms with Crippen molar-refractivity contribution in [2.75, 3.05) is 11.9 Å². The summed E-state index contributed by atoms with van der Waals surface area (Å²) in [6, 6.07) is 5.93. The Morgan fingerprint density at radius 1 is 1.12 bits per heavy atom. The smallest absolute Gasteiger partial charge is 0.270 e. The number of non-ortho nitro benzene ring substituents is 1. The average Bonchev–Trinajstić information content (AvgIpc) is 2.93. The van der Waals surface area contributed by atoms with E-state index in [9.17, 15) is 29.3 Å². The van der Waals surface area contributed by atoms with Crippen LogP contribution in [0, 0.1) is 16.0 Å². The van der Waals surface area contributed by atoms with E-state index in [2.05, 4.69) is 16.0 Å². The van der Waals surface area contributed by atoms with Crippen molar-refractivity contribution < 1.29 is 28.8 Å². The number of nitro benzene ring substituents is 1. The molecule has 40 heavy (non-hydrogen) atoms. The number of carbonyl (C=O) groups excluding carboxylic acids is 4. The molecule has 0 spiro atoms. The zero-order chi connectivity index (χ0) is 29.4. The summed E-state index contributed by atoms with van der Waals surface area (Å²) in [5, 5.41) is 19.6. The number of primary amides is 1. The molecule has 214 valence electrons. The van der Waals surface area contributed by atoms with Crippen molar-refractivity contribution in [2.45, 2.75) is 58.2 Å². The number of nitrogens with zero attached hydrogens (tertiary/aromatic N) is 1. The highest BCUT2D eigenvalue weighted by Crippen LogP contribution is 2.28. The highest BCUT2D eigenvalue weighted by molar-refractivity contribution is 6.03. The maximum Gasteiger partial charge on any atom is 0.270 e. The molecule has 1 aliphatic rings. The first-order chi connectivity index (χ1) is 19.0. The van der Waals surface area contributed by atoms with E-state index < -0.39 is 40.6 Å². The lowest BCUT2D eigenvalue weighted by atomic mass is 9.96. The van der Waals surface area contributed by atoms with Crippen molar-refractivity contribution >= 4 is 35.0 Å². The lowest BCUT2D eigenvalue weighted by Crippen LogP contribution is -2.55. The molecule has 3 rings (SSSR count). The molecule has 2 aromatic rings. The molecule has 0 aromatic heterocycles. The minimum Gasteiger partial charge on any atom is -0.488 e. The topological polar surface area (TPSA) is 209 Å². The summed E-state index contributed by atoms with van der Waals surface area (Å²) >= 11 is 0. The number of hydrogen-bond acceptors (Lipinski definition) is 8. The van der Waals surface area contributed by atoms with Gasteiger partial charge in [-0.25, -0.2) is 0 Å². The fourth-order valence-corrected chi connectivity index (χ4v) is 4.23. The predicted octanol–water partition coefficient (Wildman–Crippen LogP) is 1.98. The van der Waals surface area contributed by atoms with Gasteiger partial charge in [0.1, 0.15) is 24.4 Å². The molecule has 0 unspecified atom stereocenters. The number of rotatable bonds is 8. The minimum atomic E-state index is -1.05. The number of ether oxygens (including phenoxy) is 1. The largest absolute Gasteiger partial charge is 0.488 e. The van der Waals surface area contributed by atoms with Gasteiger partial charge in [-0.15, -0.1) is 0 Å². The van der Waals surface area contributed by atoms with E-state index in [1.54, 1.807) is 6.92 Å². The van der Waals surface area contributed by atoms with Gasteiger partial charge in [0, 0.05) is 28.9 Å². The molecule has 1 heterocycles. The SMILES string of the molecule is CC[C@H](C)[C@@H]1NC(=O)c2cc([N+](=O)[O-])ccc2OCc2ccc(C(N)=O)cc2NC(=O)[C@H](CCCCN)NC1=O. The fourth-order valence-electron chi connectivity index (χ4n) is 4.23. The first-order valence-corrected chi connectivity index (χ1v) is 13.0. The minimum absolute atomic E-state index is 0.0272. The maximum absolute atomic E-state index is 13.5. The van der Waals surface area contributed by atoms with Crippen molar-refractivity contribution in [3.05, 3.63) is 63.2 Å². The molecule has 0 radical (unpaired) electrons. The van der Waals surface area contributed by atoms with Crippen molar-refractivity contribution in [1.29, 1.82) is 0 Å². The van der Waals surface area contributed by atoms with Crippen LogP contribution < -0.4 is 32.2 Å². The summed E-state index contributed by atoms with van der Waals surface area (Å²) in [5.41, 5.74) is 11.4. The number of carbonyl (C=O) groups is 4. The Kier molecular flexibility index (Phi) is 10.1. The monoisotopic (exact) mass is 554 g/mol. The lowest BCUT2D eigenvalue weighted by molar-refractivity contribution is -0.384. The molecule has 1 aliphatic heterocycles. The molecular formula is C27H34N6O7. The molecule has 3 atom stereocenters. The van der Waals surface area contributed by atoms with Gasteiger partial charge in [0.2, 0.25) is 17.7 Å². The van der Waals surface area contributed by atoms with Gasteiger partial charge in [-0.3, -0.25) is 29.3 Å². The molecule has 2 aromatic carbocycles. The molecule has 13 nitrogen and oxygen atoms in total. The van der Waals surface area contributed by atoms with E-state index in [0.29, 0.717) is 31.4 Å². The number of benzene rings is 2. The van der Waals surface area contributed by atoms with E-state index in [1.807, 2.05) is 6.92 Å². The van der Waals surface area contributed by atoms with Gasteiger partial charge >= 0.3 is 0 Å². The second kappa shape index (κ2) is 13.5. The van der Waals surface area contributed by atoms with Crippen LogP contribution in [0.1, 0.15) is 65.8 Å². The van der Waals surface area contributed by atoms with Crippen molar-refractivity contribution in [2.24, 2.45) is 17.4 Å². The molecule has 0 aliphatic carbocycles. The number of nitrogens with one attached hydrogen (secondary N) is 3. The van der Waals surface area contributed by atoms with E-state index >= 15 is 0 Å². The highest BCUT2D eigenvalue weighted by atomic mass is 16.6. The van der Waals surface area contributed by atoms with Gasteiger partial charge in [0.25, 0.3) is 11.6 Å². The summed E-state index contributed by atoms with van der Waals surface area (Å²) in [5.74, 6) is -2.89. The molecule has 0 saturated carbocycles. The normalized spacial score (nSPS) is 18.5. The number of amides is 4. The Labute approximate surface area is 231 Å². The first-order valence-electron chi connectivity index (χ1n) is 13.0. The highest BCUT2D eigenvalue weighted by Gasteiger charge is 2.32. The number of unbranched alkanes of at least 4 members (excludes halogenated alkanes) is 1. The third-order valence-corrected chi connectivity index (χ3v) is 6.82. The van der Waals surface area contributed by atoms with Crippen LogP contribution in [0.5, 0.6) is 5.75 Å². The van der Waals surface area contributed by atoms with Crippen LogP contribution in [0.15, 0.2) is 36.4 Å². The van der Waals surface area contributed by atoms with Gasteiger partial charge in [-0.2, -0.15) is 0 Å². The molecular weight excluding hydrogens is 520 g/mol. The summed E-state index contributed by atoms with van der Waals surface area (Å²) < 4.78 is 5.89. The standard InChI is InChI=1S/C27H34N6O7/c1-3-15(2)23-27(37)30-20(6-4-5-11-28)26(36)31-21-12-16(24(29)34)7-8-17(21)14-40-22-10-9-18(33(38)39)13-19(22)25(35)32-23/h7-10,12-13,15,20,23H,3-6,11,14,28H2,1-2H3,(H2,29,34)(H,30,37)(H,31,36)(H,32,35)/t15-,20-,23-/m0/s1. The van der Waals surface area contributed by atoms with Crippen molar-refractivity contribution in [3.63, 3.8) is 0 Å². The van der Waals surface area contributed by atoms with E-state index in [1.165, 1.54) is 30.3 Å². The summed E-state index contributed by atoms with van der Waals surface area (Å²) in [6.07, 6.45) is 1.96. The molecule has 0 saturated heterocycles. The van der Waals surface area contributed by atoms with Crippen LogP contribution in [0.4, 0.5) is 11.4 Å². The summed E-state index contributed by atoms with van der Waals surface area (Å²) in [4.78, 5) is 62.9. The maximum atomic E-state index is 13.5. The zero-order valence-electron chi connectivity index (χ0n) is 22.4. The number of fused-ring (bicyclic) bond motifs is 2. The molecule has 13 heteroatoms. The zero-order valence-corrected chi connectivity index (χ0v) is 22.4. The Morgan fingerprint density at radius 2 is 1.88 bits per heavy atom. The first kappa shape index (κ1) is 30.0. The number of nitro groups is 1. The molecule has 0 fully saturated rings. The van der Waals surface area contributed by atoms with E-state index in [4.69, 9.17) is 16.2 Å². The Balaban J connectivity index is 2.13. The van der Waals surface area contributed by atoms with Crippen LogP contribution in [0.3, 0.4) is 0 Å². The van der Waals surface area contributed by atoms with Crippen LogP contribution in [-0.4, -0.2) is 47.2 Å². The Bertz CT molecular complexity index is 1300. The summed E-state index contributed by atoms with van der Waals surface area (Å²) in [6.45, 7) is 3.85. The second-order valence-corrected chi connectivity index (χ2v) is 9.63. The van der Waals surface area contributed by atoms with E-state index in [-0.39, 0.29) is 47.2 Å². The van der Waals surface area contributed by atoms with Crippen molar-refractivity contribution in [3.8, 4) is 5.75 Å². The summed E-state index contributed by atoms with van der Waals surface area (Å²) in [7, 11) is 0. The van der Waals surface area contributed by atoms with Gasteiger partial charge in [-0.05, 0) is 49.9 Å². The van der Waals surface area contributed by atoms with E-state index in [0.717, 1.165) is 6.07 Å². The van der Waals surface area contributed by atoms with Gasteiger partial charge in [0.05, 0.1) is 10.5 Å². The van der Waals surface area contributed by atoms with Crippen LogP contribution in [-0.2, 0) is 16.2 Å². The Morgan fingerprint density at radius 3 is 2.52 bits per heavy atom. The third-order valence-electron chi connectivity index (χ3n) is 6.82. The lowest BCUT2D eigenvalue weighted by Gasteiger charge is -2.27. The molecule has 4 amide bonds. The quantitative estimate of drug-likeness (QED) is 0.185. The van der Waals surface area contributed by atoms with Crippen LogP contribution in [0.25, 0.3) is 0 Å². The van der Waals surface area contributed by atoms with Gasteiger partial charge in [-0.1, -0.05) is 26.3 Å². The molecule has 0 bridgehead atoms. The van der Waals surface area contributed by atoms with Gasteiger partial charge in [0.15, 0.2) is 0 Å². The fraction of sp³-hybridized carbons (Fsp3) is 0.407.